The Labute approximate surface area is 117 Å². The summed E-state index contributed by atoms with van der Waals surface area (Å²) in [5.74, 6) is 0.995. The van der Waals surface area contributed by atoms with Crippen molar-refractivity contribution in [2.45, 2.75) is 13.5 Å². The van der Waals surface area contributed by atoms with E-state index in [0.29, 0.717) is 23.8 Å². The van der Waals surface area contributed by atoms with Gasteiger partial charge in [-0.15, -0.1) is 24.8 Å². The van der Waals surface area contributed by atoms with Crippen molar-refractivity contribution in [1.82, 2.24) is 14.8 Å². The van der Waals surface area contributed by atoms with E-state index in [-0.39, 0.29) is 30.6 Å². The Kier molecular flexibility index (Phi) is 6.25. The van der Waals surface area contributed by atoms with Gasteiger partial charge in [0.1, 0.15) is 11.6 Å². The van der Waals surface area contributed by atoms with Crippen LogP contribution in [0.15, 0.2) is 18.2 Å². The van der Waals surface area contributed by atoms with E-state index < -0.39 is 0 Å². The Morgan fingerprint density at radius 3 is 2.50 bits per heavy atom. The lowest BCUT2D eigenvalue weighted by Crippen LogP contribution is -2.03. The van der Waals surface area contributed by atoms with Gasteiger partial charge < -0.3 is 5.73 Å². The number of rotatable bonds is 2. The summed E-state index contributed by atoms with van der Waals surface area (Å²) in [6, 6.07) is 4.51. The van der Waals surface area contributed by atoms with Crippen LogP contribution in [0.4, 0.5) is 4.39 Å². The molecule has 100 valence electrons. The lowest BCUT2D eigenvalue weighted by atomic mass is 10.1. The van der Waals surface area contributed by atoms with Gasteiger partial charge in [0, 0.05) is 19.2 Å². The molecule has 18 heavy (non-hydrogen) atoms. The van der Waals surface area contributed by atoms with Crippen LogP contribution < -0.4 is 5.73 Å². The summed E-state index contributed by atoms with van der Waals surface area (Å²) in [6.07, 6.45) is 0. The fourth-order valence-corrected chi connectivity index (χ4v) is 1.68. The minimum absolute atomic E-state index is 0. The summed E-state index contributed by atoms with van der Waals surface area (Å²) >= 11 is 0. The Hall–Kier alpha value is -1.17. The highest BCUT2D eigenvalue weighted by Crippen LogP contribution is 2.22. The molecule has 0 aliphatic rings. The first kappa shape index (κ1) is 16.8. The van der Waals surface area contributed by atoms with E-state index in [2.05, 4.69) is 10.1 Å². The number of halogens is 3. The molecule has 0 atom stereocenters. The van der Waals surface area contributed by atoms with Gasteiger partial charge in [-0.1, -0.05) is 6.07 Å². The van der Waals surface area contributed by atoms with E-state index in [9.17, 15) is 4.39 Å². The van der Waals surface area contributed by atoms with Gasteiger partial charge in [0.2, 0.25) is 0 Å². The quantitative estimate of drug-likeness (QED) is 0.923. The highest BCUT2D eigenvalue weighted by atomic mass is 35.5. The van der Waals surface area contributed by atoms with Gasteiger partial charge >= 0.3 is 0 Å². The molecule has 0 bridgehead atoms. The van der Waals surface area contributed by atoms with Crippen molar-refractivity contribution in [2.75, 3.05) is 0 Å². The number of benzene rings is 1. The maximum absolute atomic E-state index is 13.2. The first-order valence-corrected chi connectivity index (χ1v) is 4.98. The second-order valence-corrected chi connectivity index (χ2v) is 3.61. The molecule has 4 nitrogen and oxygen atoms in total. The SMILES string of the molecule is Cc1nc(-c2cc(F)ccc2CN)n(C)n1.Cl.Cl. The Balaban J connectivity index is 0.00000144. The fourth-order valence-electron chi connectivity index (χ4n) is 1.68. The number of aryl methyl sites for hydroxylation is 2. The zero-order chi connectivity index (χ0) is 11.7. The number of hydrogen-bond acceptors (Lipinski definition) is 3. The zero-order valence-corrected chi connectivity index (χ0v) is 11.7. The molecule has 0 aliphatic heterocycles. The predicted molar refractivity (Wildman–Crippen MR) is 73.5 cm³/mol. The molecular weight excluding hydrogens is 278 g/mol. The Morgan fingerprint density at radius 1 is 1.33 bits per heavy atom. The van der Waals surface area contributed by atoms with Crippen molar-refractivity contribution in [1.29, 1.82) is 0 Å². The number of aromatic nitrogens is 3. The summed E-state index contributed by atoms with van der Waals surface area (Å²) in [6.45, 7) is 2.15. The van der Waals surface area contributed by atoms with Crippen LogP contribution in [0.25, 0.3) is 11.4 Å². The van der Waals surface area contributed by atoms with E-state index in [4.69, 9.17) is 5.73 Å². The molecule has 1 heterocycles. The molecule has 2 N–H and O–H groups in total. The van der Waals surface area contributed by atoms with Crippen molar-refractivity contribution < 1.29 is 4.39 Å². The second-order valence-electron chi connectivity index (χ2n) is 3.61. The molecule has 1 aromatic heterocycles. The van der Waals surface area contributed by atoms with Crippen LogP contribution >= 0.6 is 24.8 Å². The van der Waals surface area contributed by atoms with Crippen LogP contribution in [-0.4, -0.2) is 14.8 Å². The van der Waals surface area contributed by atoms with Crippen molar-refractivity contribution in [3.05, 3.63) is 35.4 Å². The smallest absolute Gasteiger partial charge is 0.158 e. The van der Waals surface area contributed by atoms with Gasteiger partial charge in [-0.3, -0.25) is 0 Å². The summed E-state index contributed by atoms with van der Waals surface area (Å²) in [4.78, 5) is 4.26. The molecule has 0 aliphatic carbocycles. The van der Waals surface area contributed by atoms with Crippen molar-refractivity contribution in [3.63, 3.8) is 0 Å². The van der Waals surface area contributed by atoms with E-state index in [0.717, 1.165) is 5.56 Å². The third-order valence-electron chi connectivity index (χ3n) is 2.40. The lowest BCUT2D eigenvalue weighted by Gasteiger charge is -2.06. The molecule has 0 fully saturated rings. The molecule has 0 saturated heterocycles. The average Bonchev–Trinajstić information content (AvgIpc) is 2.57. The third-order valence-corrected chi connectivity index (χ3v) is 2.40. The topological polar surface area (TPSA) is 56.7 Å². The van der Waals surface area contributed by atoms with Gasteiger partial charge in [0.05, 0.1) is 0 Å². The van der Waals surface area contributed by atoms with Gasteiger partial charge in [-0.05, 0) is 24.6 Å². The molecule has 0 unspecified atom stereocenters. The highest BCUT2D eigenvalue weighted by molar-refractivity contribution is 5.85. The molecule has 0 spiro atoms. The molecular formula is C11H15Cl2FN4. The molecule has 0 radical (unpaired) electrons. The predicted octanol–water partition coefficient (Wildman–Crippen LogP) is 2.23. The number of nitrogens with zero attached hydrogens (tertiary/aromatic N) is 3. The fraction of sp³-hybridized carbons (Fsp3) is 0.273. The van der Waals surface area contributed by atoms with Crippen molar-refractivity contribution >= 4 is 24.8 Å². The second kappa shape index (κ2) is 6.68. The maximum atomic E-state index is 13.2. The molecule has 2 aromatic rings. The Bertz CT molecular complexity index is 528. The van der Waals surface area contributed by atoms with Crippen LogP contribution in [0.5, 0.6) is 0 Å². The third kappa shape index (κ3) is 3.19. The minimum Gasteiger partial charge on any atom is -0.326 e. The zero-order valence-electron chi connectivity index (χ0n) is 10.1. The molecule has 2 rings (SSSR count). The molecule has 7 heteroatoms. The highest BCUT2D eigenvalue weighted by Gasteiger charge is 2.11. The van der Waals surface area contributed by atoms with Gasteiger partial charge in [0.25, 0.3) is 0 Å². The van der Waals surface area contributed by atoms with Crippen molar-refractivity contribution in [3.8, 4) is 11.4 Å². The van der Waals surface area contributed by atoms with E-state index in [1.807, 2.05) is 0 Å². The van der Waals surface area contributed by atoms with Crippen LogP contribution in [0.3, 0.4) is 0 Å². The van der Waals surface area contributed by atoms with Gasteiger partial charge in [0.15, 0.2) is 5.82 Å². The van der Waals surface area contributed by atoms with Gasteiger partial charge in [-0.25, -0.2) is 14.1 Å². The summed E-state index contributed by atoms with van der Waals surface area (Å²) in [5, 5.41) is 4.13. The van der Waals surface area contributed by atoms with Crippen LogP contribution in [-0.2, 0) is 13.6 Å². The minimum atomic E-state index is -0.298. The van der Waals surface area contributed by atoms with E-state index in [1.165, 1.54) is 12.1 Å². The molecule has 0 saturated carbocycles. The lowest BCUT2D eigenvalue weighted by molar-refractivity contribution is 0.627. The standard InChI is InChI=1S/C11H13FN4.2ClH/c1-7-14-11(16(2)15-7)10-5-9(12)4-3-8(10)6-13;;/h3-5H,6,13H2,1-2H3;2*1H. The van der Waals surface area contributed by atoms with Gasteiger partial charge in [-0.2, -0.15) is 5.10 Å². The largest absolute Gasteiger partial charge is 0.326 e. The monoisotopic (exact) mass is 292 g/mol. The first-order chi connectivity index (χ1) is 7.61. The normalized spacial score (nSPS) is 9.56. The van der Waals surface area contributed by atoms with Crippen LogP contribution in [0, 0.1) is 12.7 Å². The van der Waals surface area contributed by atoms with E-state index >= 15 is 0 Å². The first-order valence-electron chi connectivity index (χ1n) is 4.98. The number of hydrogen-bond donors (Lipinski definition) is 1. The molecule has 0 amide bonds. The average molecular weight is 293 g/mol. The number of nitrogens with two attached hydrogens (primary N) is 1. The van der Waals surface area contributed by atoms with Crippen LogP contribution in [0.2, 0.25) is 0 Å². The summed E-state index contributed by atoms with van der Waals surface area (Å²) in [5.41, 5.74) is 7.17. The van der Waals surface area contributed by atoms with Crippen LogP contribution in [0.1, 0.15) is 11.4 Å². The van der Waals surface area contributed by atoms with E-state index in [1.54, 1.807) is 24.7 Å². The molecule has 1 aromatic carbocycles. The summed E-state index contributed by atoms with van der Waals surface area (Å²) < 4.78 is 14.8. The maximum Gasteiger partial charge on any atom is 0.158 e. The Morgan fingerprint density at radius 2 is 2.00 bits per heavy atom. The summed E-state index contributed by atoms with van der Waals surface area (Å²) in [7, 11) is 1.78. The van der Waals surface area contributed by atoms with Crippen molar-refractivity contribution in [2.24, 2.45) is 12.8 Å².